The first kappa shape index (κ1) is 15.1. The maximum absolute atomic E-state index is 13.7. The minimum Gasteiger partial charge on any atom is -0.465 e. The zero-order valence-electron chi connectivity index (χ0n) is 11.3. The van der Waals surface area contributed by atoms with E-state index in [2.05, 4.69) is 4.74 Å². The Morgan fingerprint density at radius 1 is 1.55 bits per heavy atom. The van der Waals surface area contributed by atoms with Gasteiger partial charge in [0.15, 0.2) is 0 Å². The van der Waals surface area contributed by atoms with Gasteiger partial charge in [-0.15, -0.1) is 0 Å². The van der Waals surface area contributed by atoms with Crippen molar-refractivity contribution in [1.29, 1.82) is 0 Å². The molecule has 1 aliphatic rings. The number of esters is 1. The highest BCUT2D eigenvalue weighted by molar-refractivity contribution is 7.84. The Hall–Kier alpha value is -1.27. The van der Waals surface area contributed by atoms with Gasteiger partial charge in [-0.3, -0.25) is 4.21 Å². The van der Waals surface area contributed by atoms with Crippen LogP contribution in [0.5, 0.6) is 0 Å². The van der Waals surface area contributed by atoms with Crippen molar-refractivity contribution in [2.24, 2.45) is 0 Å². The van der Waals surface area contributed by atoms with Crippen LogP contribution < -0.4 is 0 Å². The van der Waals surface area contributed by atoms with Gasteiger partial charge in [0.05, 0.1) is 24.5 Å². The van der Waals surface area contributed by atoms with Crippen LogP contribution in [-0.4, -0.2) is 35.8 Å². The van der Waals surface area contributed by atoms with E-state index < -0.39 is 22.6 Å². The number of hydrogen-bond donors (Lipinski definition) is 0. The fourth-order valence-electron chi connectivity index (χ4n) is 2.15. The summed E-state index contributed by atoms with van der Waals surface area (Å²) in [6.07, 6.45) is 1.99. The molecule has 6 heteroatoms. The number of ether oxygens (including phenoxy) is 2. The highest BCUT2D eigenvalue weighted by Gasteiger charge is 2.19. The van der Waals surface area contributed by atoms with E-state index >= 15 is 0 Å². The molecule has 1 heterocycles. The molecule has 0 spiro atoms. The molecule has 0 radical (unpaired) electrons. The molecule has 2 unspecified atom stereocenters. The van der Waals surface area contributed by atoms with Gasteiger partial charge in [-0.05, 0) is 30.5 Å². The Balaban J connectivity index is 1.97. The summed E-state index contributed by atoms with van der Waals surface area (Å²) in [6, 6.07) is 4.20. The third-order valence-electron chi connectivity index (χ3n) is 3.16. The number of rotatable bonds is 5. The van der Waals surface area contributed by atoms with E-state index in [-0.39, 0.29) is 17.4 Å². The monoisotopic (exact) mass is 300 g/mol. The maximum atomic E-state index is 13.7. The molecule has 1 aromatic carbocycles. The van der Waals surface area contributed by atoms with Crippen LogP contribution in [0.2, 0.25) is 0 Å². The van der Waals surface area contributed by atoms with Gasteiger partial charge >= 0.3 is 5.97 Å². The van der Waals surface area contributed by atoms with Crippen molar-refractivity contribution >= 4 is 16.8 Å². The molecule has 0 bridgehead atoms. The summed E-state index contributed by atoms with van der Waals surface area (Å²) in [5, 5.41) is 0. The highest BCUT2D eigenvalue weighted by Crippen LogP contribution is 2.16. The average molecular weight is 300 g/mol. The second kappa shape index (κ2) is 6.95. The van der Waals surface area contributed by atoms with E-state index in [1.54, 1.807) is 6.07 Å². The summed E-state index contributed by atoms with van der Waals surface area (Å²) < 4.78 is 35.6. The van der Waals surface area contributed by atoms with Crippen LogP contribution in [-0.2, 0) is 26.0 Å². The molecule has 1 aliphatic heterocycles. The molecule has 4 nitrogen and oxygen atoms in total. The number of carbonyl (C=O) groups excluding carboxylic acids is 1. The zero-order valence-corrected chi connectivity index (χ0v) is 12.1. The normalized spacial score (nSPS) is 19.8. The predicted molar refractivity (Wildman–Crippen MR) is 73.4 cm³/mol. The summed E-state index contributed by atoms with van der Waals surface area (Å²) in [5.74, 6) is -0.628. The number of methoxy groups -OCH3 is 1. The molecule has 2 atom stereocenters. The standard InChI is InChI=1S/C14H17FO4S/c1-18-14(16)12-5-4-10(7-13(12)15)8-20(17)9-11-3-2-6-19-11/h4-5,7,11H,2-3,6,8-9H2,1H3. The lowest BCUT2D eigenvalue weighted by atomic mass is 10.1. The Labute approximate surface area is 119 Å². The second-order valence-electron chi connectivity index (χ2n) is 4.69. The maximum Gasteiger partial charge on any atom is 0.340 e. The Morgan fingerprint density at radius 2 is 2.35 bits per heavy atom. The minimum absolute atomic E-state index is 0.0509. The summed E-state index contributed by atoms with van der Waals surface area (Å²) in [7, 11) is 0.105. The highest BCUT2D eigenvalue weighted by atomic mass is 32.2. The smallest absolute Gasteiger partial charge is 0.340 e. The van der Waals surface area contributed by atoms with Gasteiger partial charge in [0.25, 0.3) is 0 Å². The van der Waals surface area contributed by atoms with Gasteiger partial charge in [0, 0.05) is 23.2 Å². The minimum atomic E-state index is -1.10. The van der Waals surface area contributed by atoms with Crippen molar-refractivity contribution in [3.8, 4) is 0 Å². The molecular weight excluding hydrogens is 283 g/mol. The molecule has 1 saturated heterocycles. The summed E-state index contributed by atoms with van der Waals surface area (Å²) >= 11 is 0. The second-order valence-corrected chi connectivity index (χ2v) is 6.19. The van der Waals surface area contributed by atoms with Crippen LogP contribution >= 0.6 is 0 Å². The van der Waals surface area contributed by atoms with Crippen molar-refractivity contribution in [3.05, 3.63) is 35.1 Å². The number of hydrogen-bond acceptors (Lipinski definition) is 4. The number of benzene rings is 1. The Kier molecular flexibility index (Phi) is 5.25. The molecule has 2 rings (SSSR count). The third kappa shape index (κ3) is 3.86. The lowest BCUT2D eigenvalue weighted by Crippen LogP contribution is -2.16. The van der Waals surface area contributed by atoms with Crippen LogP contribution in [0.1, 0.15) is 28.8 Å². The Morgan fingerprint density at radius 3 is 2.95 bits per heavy atom. The number of halogens is 1. The topological polar surface area (TPSA) is 52.6 Å². The summed E-state index contributed by atoms with van der Waals surface area (Å²) in [6.45, 7) is 0.727. The summed E-state index contributed by atoms with van der Waals surface area (Å²) in [4.78, 5) is 11.3. The van der Waals surface area contributed by atoms with E-state index in [1.165, 1.54) is 19.2 Å². The molecule has 0 amide bonds. The lowest BCUT2D eigenvalue weighted by molar-refractivity contribution is 0.0595. The number of carbonyl (C=O) groups is 1. The van der Waals surface area contributed by atoms with Gasteiger partial charge in [0.2, 0.25) is 0 Å². The molecule has 0 aromatic heterocycles. The van der Waals surface area contributed by atoms with Crippen molar-refractivity contribution in [2.45, 2.75) is 24.7 Å². The van der Waals surface area contributed by atoms with Gasteiger partial charge < -0.3 is 9.47 Å². The average Bonchev–Trinajstić information content (AvgIpc) is 2.90. The summed E-state index contributed by atoms with van der Waals surface area (Å²) in [5.41, 5.74) is 0.493. The predicted octanol–water partition coefficient (Wildman–Crippen LogP) is 2.04. The van der Waals surface area contributed by atoms with Crippen LogP contribution in [0.4, 0.5) is 4.39 Å². The molecule has 110 valence electrons. The van der Waals surface area contributed by atoms with Crippen molar-refractivity contribution in [1.82, 2.24) is 0 Å². The largest absolute Gasteiger partial charge is 0.465 e. The van der Waals surface area contributed by atoms with Crippen LogP contribution in [0.15, 0.2) is 18.2 Å². The van der Waals surface area contributed by atoms with E-state index in [1.807, 2.05) is 0 Å². The molecule has 20 heavy (non-hydrogen) atoms. The van der Waals surface area contributed by atoms with Crippen molar-refractivity contribution in [2.75, 3.05) is 19.5 Å². The third-order valence-corrected chi connectivity index (χ3v) is 4.56. The van der Waals surface area contributed by atoms with Crippen molar-refractivity contribution in [3.63, 3.8) is 0 Å². The van der Waals surface area contributed by atoms with Gasteiger partial charge in [-0.1, -0.05) is 6.07 Å². The van der Waals surface area contributed by atoms with Crippen LogP contribution in [0.25, 0.3) is 0 Å². The first-order chi connectivity index (χ1) is 9.60. The van der Waals surface area contributed by atoms with Crippen LogP contribution in [0.3, 0.4) is 0 Å². The van der Waals surface area contributed by atoms with Gasteiger partial charge in [-0.2, -0.15) is 0 Å². The van der Waals surface area contributed by atoms with E-state index in [9.17, 15) is 13.4 Å². The molecular formula is C14H17FO4S. The first-order valence-corrected chi connectivity index (χ1v) is 7.92. The first-order valence-electron chi connectivity index (χ1n) is 6.43. The molecule has 1 fully saturated rings. The van der Waals surface area contributed by atoms with Crippen LogP contribution in [0, 0.1) is 5.82 Å². The fraction of sp³-hybridized carbons (Fsp3) is 0.500. The SMILES string of the molecule is COC(=O)c1ccc(CS(=O)CC2CCCO2)cc1F. The zero-order chi connectivity index (χ0) is 14.5. The lowest BCUT2D eigenvalue weighted by Gasteiger charge is -2.09. The fourth-order valence-corrected chi connectivity index (χ4v) is 3.50. The van der Waals surface area contributed by atoms with E-state index in [4.69, 9.17) is 4.74 Å². The molecule has 0 saturated carbocycles. The van der Waals surface area contributed by atoms with Gasteiger partial charge in [-0.25, -0.2) is 9.18 Å². The quantitative estimate of drug-likeness (QED) is 0.781. The van der Waals surface area contributed by atoms with Gasteiger partial charge in [0.1, 0.15) is 5.82 Å². The molecule has 0 aliphatic carbocycles. The Bertz CT molecular complexity index is 512. The van der Waals surface area contributed by atoms with Crippen molar-refractivity contribution < 1.29 is 22.9 Å². The van der Waals surface area contributed by atoms with E-state index in [0.29, 0.717) is 11.3 Å². The van der Waals surface area contributed by atoms with E-state index in [0.717, 1.165) is 19.4 Å². The molecule has 0 N–H and O–H groups in total. The molecule has 1 aromatic rings.